The number of nitrogens with zero attached hydrogens (tertiary/aromatic N) is 3. The summed E-state index contributed by atoms with van der Waals surface area (Å²) in [5.74, 6) is 0.550. The largest absolute Gasteiger partial charge is 0.451 e. The number of amides is 1. The maximum absolute atomic E-state index is 12.4. The highest BCUT2D eigenvalue weighted by molar-refractivity contribution is 7.98. The molecule has 0 bridgehead atoms. The molecule has 1 amide bonds. The van der Waals surface area contributed by atoms with Crippen LogP contribution in [0, 0.1) is 0 Å². The number of benzene rings is 1. The molecule has 1 aliphatic carbocycles. The lowest BCUT2D eigenvalue weighted by atomic mass is 10.2. The number of nitrogens with one attached hydrogen (secondary N) is 1. The number of fused-ring (bicyclic) bond motifs is 1. The lowest BCUT2D eigenvalue weighted by Gasteiger charge is -2.16. The second kappa shape index (κ2) is 9.22. The van der Waals surface area contributed by atoms with Gasteiger partial charge in [-0.15, -0.1) is 10.2 Å². The van der Waals surface area contributed by atoms with E-state index in [1.165, 1.54) is 37.8 Å². The van der Waals surface area contributed by atoms with Crippen LogP contribution in [0.5, 0.6) is 0 Å². The number of aromatic nitrogens is 3. The van der Waals surface area contributed by atoms with Gasteiger partial charge in [0.05, 0.1) is 5.39 Å². The standard InChI is InChI=1S/C21H23ClN4O3S/c1-30-21-25-24-19(26(21)14-5-2-3-6-14)7-4-10-23-20(28)18-12-16(27)15-11-13(22)8-9-17(15)29-18/h8-9,11-12,14H,2-7,10H2,1H3,(H,23,28). The number of thioether (sulfide) groups is 1. The first-order chi connectivity index (χ1) is 14.6. The average Bonchev–Trinajstić information content (AvgIpc) is 3.40. The third kappa shape index (κ3) is 4.39. The molecule has 1 aliphatic rings. The molecule has 1 N–H and O–H groups in total. The number of hydrogen-bond donors (Lipinski definition) is 1. The molecule has 0 unspecified atom stereocenters. The van der Waals surface area contributed by atoms with Gasteiger partial charge in [-0.2, -0.15) is 0 Å². The minimum Gasteiger partial charge on any atom is -0.451 e. The van der Waals surface area contributed by atoms with Crippen LogP contribution in [-0.2, 0) is 6.42 Å². The van der Waals surface area contributed by atoms with E-state index in [0.29, 0.717) is 28.6 Å². The molecule has 7 nitrogen and oxygen atoms in total. The molecule has 1 aromatic carbocycles. The highest BCUT2D eigenvalue weighted by Crippen LogP contribution is 2.33. The van der Waals surface area contributed by atoms with Crippen LogP contribution in [0.15, 0.2) is 38.6 Å². The Hall–Kier alpha value is -2.32. The second-order valence-corrected chi connectivity index (χ2v) is 8.60. The number of carbonyl (C=O) groups is 1. The lowest BCUT2D eigenvalue weighted by molar-refractivity contribution is 0.0926. The quantitative estimate of drug-likeness (QED) is 0.431. The minimum absolute atomic E-state index is 0.00591. The summed E-state index contributed by atoms with van der Waals surface area (Å²) >= 11 is 7.54. The molecule has 1 saturated carbocycles. The van der Waals surface area contributed by atoms with Gasteiger partial charge in [-0.25, -0.2) is 0 Å². The van der Waals surface area contributed by atoms with E-state index in [0.717, 1.165) is 23.8 Å². The topological polar surface area (TPSA) is 90.0 Å². The molecule has 0 aliphatic heterocycles. The Morgan fingerprint density at radius 3 is 2.87 bits per heavy atom. The van der Waals surface area contributed by atoms with E-state index in [4.69, 9.17) is 16.0 Å². The van der Waals surface area contributed by atoms with Gasteiger partial charge < -0.3 is 14.3 Å². The smallest absolute Gasteiger partial charge is 0.287 e. The summed E-state index contributed by atoms with van der Waals surface area (Å²) in [7, 11) is 0. The van der Waals surface area contributed by atoms with Gasteiger partial charge in [0.1, 0.15) is 11.4 Å². The molecule has 158 valence electrons. The lowest BCUT2D eigenvalue weighted by Crippen LogP contribution is -2.26. The monoisotopic (exact) mass is 446 g/mol. The van der Waals surface area contributed by atoms with Crippen molar-refractivity contribution in [2.75, 3.05) is 12.8 Å². The molecule has 4 rings (SSSR count). The first-order valence-corrected chi connectivity index (χ1v) is 11.7. The van der Waals surface area contributed by atoms with Crippen LogP contribution in [0.4, 0.5) is 0 Å². The van der Waals surface area contributed by atoms with Crippen LogP contribution in [0.25, 0.3) is 11.0 Å². The highest BCUT2D eigenvalue weighted by Gasteiger charge is 2.23. The third-order valence-corrected chi connectivity index (χ3v) is 6.26. The fourth-order valence-electron chi connectivity index (χ4n) is 3.92. The molecule has 30 heavy (non-hydrogen) atoms. The van der Waals surface area contributed by atoms with Gasteiger partial charge in [-0.05, 0) is 43.7 Å². The minimum atomic E-state index is -0.411. The summed E-state index contributed by atoms with van der Waals surface area (Å²) in [5.41, 5.74) is 0.0458. The van der Waals surface area contributed by atoms with Gasteiger partial charge >= 0.3 is 0 Å². The van der Waals surface area contributed by atoms with Crippen LogP contribution in [-0.4, -0.2) is 33.5 Å². The van der Waals surface area contributed by atoms with Crippen molar-refractivity contribution in [1.29, 1.82) is 0 Å². The van der Waals surface area contributed by atoms with Gasteiger partial charge in [0.25, 0.3) is 5.91 Å². The van der Waals surface area contributed by atoms with Crippen molar-refractivity contribution in [3.8, 4) is 0 Å². The summed E-state index contributed by atoms with van der Waals surface area (Å²) < 4.78 is 7.85. The van der Waals surface area contributed by atoms with Crippen LogP contribution < -0.4 is 10.7 Å². The average molecular weight is 447 g/mol. The van der Waals surface area contributed by atoms with E-state index in [9.17, 15) is 9.59 Å². The number of carbonyl (C=O) groups excluding carboxylic acids is 1. The summed E-state index contributed by atoms with van der Waals surface area (Å²) in [6.45, 7) is 0.452. The molecule has 1 fully saturated rings. The molecule has 0 saturated heterocycles. The third-order valence-electron chi connectivity index (χ3n) is 5.38. The number of halogens is 1. The summed E-state index contributed by atoms with van der Waals surface area (Å²) in [6.07, 6.45) is 8.29. The van der Waals surface area contributed by atoms with Crippen LogP contribution >= 0.6 is 23.4 Å². The number of rotatable bonds is 7. The predicted octanol–water partition coefficient (Wildman–Crippen LogP) is 4.24. The van der Waals surface area contributed by atoms with E-state index in [1.807, 2.05) is 6.26 Å². The van der Waals surface area contributed by atoms with Gasteiger partial charge in [0.2, 0.25) is 0 Å². The second-order valence-electron chi connectivity index (χ2n) is 7.39. The first-order valence-electron chi connectivity index (χ1n) is 10.1. The van der Waals surface area contributed by atoms with Crippen molar-refractivity contribution < 1.29 is 9.21 Å². The van der Waals surface area contributed by atoms with Crippen molar-refractivity contribution >= 4 is 40.2 Å². The fraction of sp³-hybridized carbons (Fsp3) is 0.429. The molecule has 3 aromatic rings. The van der Waals surface area contributed by atoms with Gasteiger partial charge in [0, 0.05) is 30.1 Å². The summed E-state index contributed by atoms with van der Waals surface area (Å²) in [5, 5.41) is 13.3. The van der Waals surface area contributed by atoms with Crippen molar-refractivity contribution in [3.05, 3.63) is 51.1 Å². The van der Waals surface area contributed by atoms with E-state index in [2.05, 4.69) is 20.1 Å². The van der Waals surface area contributed by atoms with Crippen LogP contribution in [0.3, 0.4) is 0 Å². The predicted molar refractivity (Wildman–Crippen MR) is 117 cm³/mol. The van der Waals surface area contributed by atoms with Gasteiger partial charge in [0.15, 0.2) is 16.3 Å². The van der Waals surface area contributed by atoms with E-state index >= 15 is 0 Å². The van der Waals surface area contributed by atoms with E-state index in [1.54, 1.807) is 23.9 Å². The van der Waals surface area contributed by atoms with Gasteiger partial charge in [-0.1, -0.05) is 36.2 Å². The molecule has 0 radical (unpaired) electrons. The zero-order valence-corrected chi connectivity index (χ0v) is 18.3. The highest BCUT2D eigenvalue weighted by atomic mass is 35.5. The van der Waals surface area contributed by atoms with Crippen molar-refractivity contribution in [2.24, 2.45) is 0 Å². The Labute approximate surface area is 183 Å². The zero-order chi connectivity index (χ0) is 21.1. The van der Waals surface area contributed by atoms with Crippen molar-refractivity contribution in [3.63, 3.8) is 0 Å². The Morgan fingerprint density at radius 1 is 1.30 bits per heavy atom. The van der Waals surface area contributed by atoms with Crippen molar-refractivity contribution in [2.45, 2.75) is 49.7 Å². The maximum atomic E-state index is 12.4. The first kappa shape index (κ1) is 20.9. The fourth-order valence-corrected chi connectivity index (χ4v) is 4.67. The zero-order valence-electron chi connectivity index (χ0n) is 16.7. The molecule has 0 atom stereocenters. The normalized spacial score (nSPS) is 14.5. The Morgan fingerprint density at radius 2 is 2.10 bits per heavy atom. The Balaban J connectivity index is 1.38. The van der Waals surface area contributed by atoms with Crippen molar-refractivity contribution in [1.82, 2.24) is 20.1 Å². The summed E-state index contributed by atoms with van der Waals surface area (Å²) in [6, 6.07) is 6.43. The van der Waals surface area contributed by atoms with E-state index in [-0.39, 0.29) is 11.2 Å². The van der Waals surface area contributed by atoms with Crippen LogP contribution in [0.1, 0.15) is 54.5 Å². The molecule has 2 heterocycles. The molecular weight excluding hydrogens is 424 g/mol. The van der Waals surface area contributed by atoms with Crippen LogP contribution in [0.2, 0.25) is 5.02 Å². The maximum Gasteiger partial charge on any atom is 0.287 e. The van der Waals surface area contributed by atoms with Gasteiger partial charge in [-0.3, -0.25) is 9.59 Å². The number of aryl methyl sites for hydroxylation is 1. The molecular formula is C21H23ClN4O3S. The van der Waals surface area contributed by atoms with E-state index < -0.39 is 5.91 Å². The Kier molecular flexibility index (Phi) is 6.43. The summed E-state index contributed by atoms with van der Waals surface area (Å²) in [4.78, 5) is 24.7. The number of hydrogen-bond acceptors (Lipinski definition) is 6. The SMILES string of the molecule is CSc1nnc(CCCNC(=O)c2cc(=O)c3cc(Cl)ccc3o2)n1C1CCCC1. The molecule has 0 spiro atoms. The molecule has 9 heteroatoms. The Bertz CT molecular complexity index is 1120. The molecule has 2 aromatic heterocycles.